The third kappa shape index (κ3) is 4.18. The van der Waals surface area contributed by atoms with Crippen LogP contribution in [0.1, 0.15) is 13.8 Å². The zero-order chi connectivity index (χ0) is 16.1. The lowest BCUT2D eigenvalue weighted by Crippen LogP contribution is -2.56. The topological polar surface area (TPSA) is 18.5 Å². The molecule has 0 aliphatic carbocycles. The second-order valence-electron chi connectivity index (χ2n) is 3.71. The summed E-state index contributed by atoms with van der Waals surface area (Å²) in [7, 11) is 0. The molecule has 0 aromatic heterocycles. The monoisotopic (exact) mass is 318 g/mol. The van der Waals surface area contributed by atoms with Crippen LogP contribution in [0.5, 0.6) is 0 Å². The van der Waals surface area contributed by atoms with Gasteiger partial charge in [-0.15, -0.1) is 0 Å². The standard InChI is InChI=1S/C10H14F8O2/c1-3-19-6(20-4-2)5(9(15,16)7(11)12)10(17,18)8(13)14/h5-8H,3-4H2,1-2H3. The maximum absolute atomic E-state index is 13.2. The molecule has 0 amide bonds. The van der Waals surface area contributed by atoms with Crippen LogP contribution < -0.4 is 0 Å². The van der Waals surface area contributed by atoms with Crippen molar-refractivity contribution in [3.63, 3.8) is 0 Å². The maximum Gasteiger partial charge on any atom is 0.321 e. The van der Waals surface area contributed by atoms with Crippen molar-refractivity contribution in [1.82, 2.24) is 0 Å². The van der Waals surface area contributed by atoms with Crippen molar-refractivity contribution >= 4 is 0 Å². The van der Waals surface area contributed by atoms with Gasteiger partial charge < -0.3 is 9.47 Å². The van der Waals surface area contributed by atoms with Crippen molar-refractivity contribution in [3.8, 4) is 0 Å². The van der Waals surface area contributed by atoms with Crippen LogP contribution in [0.25, 0.3) is 0 Å². The Labute approximate surface area is 110 Å². The predicted molar refractivity (Wildman–Crippen MR) is 52.4 cm³/mol. The first-order valence-corrected chi connectivity index (χ1v) is 5.58. The Balaban J connectivity index is 5.67. The van der Waals surface area contributed by atoms with Crippen molar-refractivity contribution < 1.29 is 44.6 Å². The lowest BCUT2D eigenvalue weighted by molar-refractivity contribution is -0.325. The maximum atomic E-state index is 13.2. The molecule has 0 rings (SSSR count). The molecule has 122 valence electrons. The quantitative estimate of drug-likeness (QED) is 0.475. The van der Waals surface area contributed by atoms with E-state index in [0.29, 0.717) is 0 Å². The number of alkyl halides is 8. The van der Waals surface area contributed by atoms with E-state index in [1.807, 2.05) is 0 Å². The van der Waals surface area contributed by atoms with Gasteiger partial charge in [-0.3, -0.25) is 0 Å². The number of hydrogen-bond acceptors (Lipinski definition) is 2. The van der Waals surface area contributed by atoms with Gasteiger partial charge in [-0.1, -0.05) is 0 Å². The van der Waals surface area contributed by atoms with Gasteiger partial charge in [0.15, 0.2) is 6.29 Å². The van der Waals surface area contributed by atoms with Gasteiger partial charge in [0.1, 0.15) is 5.92 Å². The fourth-order valence-corrected chi connectivity index (χ4v) is 1.46. The molecule has 0 bridgehead atoms. The molecule has 0 saturated heterocycles. The fourth-order valence-electron chi connectivity index (χ4n) is 1.46. The van der Waals surface area contributed by atoms with Gasteiger partial charge in [0.2, 0.25) is 0 Å². The molecular weight excluding hydrogens is 304 g/mol. The Morgan fingerprint density at radius 3 is 1.25 bits per heavy atom. The van der Waals surface area contributed by atoms with E-state index >= 15 is 0 Å². The fraction of sp³-hybridized carbons (Fsp3) is 1.00. The second-order valence-corrected chi connectivity index (χ2v) is 3.71. The summed E-state index contributed by atoms with van der Waals surface area (Å²) in [6.45, 7) is 1.45. The first kappa shape index (κ1) is 19.4. The van der Waals surface area contributed by atoms with Crippen LogP contribution in [0, 0.1) is 5.92 Å². The molecule has 0 aromatic carbocycles. The largest absolute Gasteiger partial charge is 0.352 e. The average molecular weight is 318 g/mol. The highest BCUT2D eigenvalue weighted by molar-refractivity contribution is 4.93. The molecule has 0 saturated carbocycles. The highest BCUT2D eigenvalue weighted by Crippen LogP contribution is 2.46. The zero-order valence-corrected chi connectivity index (χ0v) is 10.6. The van der Waals surface area contributed by atoms with Crippen molar-refractivity contribution in [2.75, 3.05) is 13.2 Å². The van der Waals surface area contributed by atoms with Crippen LogP contribution in [-0.2, 0) is 9.47 Å². The van der Waals surface area contributed by atoms with E-state index in [1.165, 1.54) is 13.8 Å². The number of hydrogen-bond donors (Lipinski definition) is 0. The van der Waals surface area contributed by atoms with Gasteiger partial charge >= 0.3 is 24.7 Å². The van der Waals surface area contributed by atoms with Gasteiger partial charge in [-0.2, -0.15) is 17.6 Å². The minimum absolute atomic E-state index is 0.459. The Kier molecular flexibility index (Phi) is 7.16. The first-order valence-electron chi connectivity index (χ1n) is 5.58. The molecule has 0 unspecified atom stereocenters. The molecule has 0 atom stereocenters. The average Bonchev–Trinajstić information content (AvgIpc) is 2.28. The van der Waals surface area contributed by atoms with Gasteiger partial charge in [0.25, 0.3) is 0 Å². The normalized spacial score (nSPS) is 14.1. The molecule has 20 heavy (non-hydrogen) atoms. The van der Waals surface area contributed by atoms with E-state index in [0.717, 1.165) is 0 Å². The van der Waals surface area contributed by atoms with Crippen molar-refractivity contribution in [2.24, 2.45) is 5.92 Å². The van der Waals surface area contributed by atoms with E-state index < -0.39 is 50.1 Å². The first-order chi connectivity index (χ1) is 9.03. The summed E-state index contributed by atoms with van der Waals surface area (Å²) in [5.41, 5.74) is 0. The van der Waals surface area contributed by atoms with Gasteiger partial charge in [0.05, 0.1) is 0 Å². The van der Waals surface area contributed by atoms with Crippen LogP contribution in [0.3, 0.4) is 0 Å². The third-order valence-electron chi connectivity index (χ3n) is 2.35. The minimum Gasteiger partial charge on any atom is -0.352 e. The number of rotatable bonds is 9. The minimum atomic E-state index is -5.41. The van der Waals surface area contributed by atoms with Crippen LogP contribution in [-0.4, -0.2) is 44.2 Å². The van der Waals surface area contributed by atoms with Crippen molar-refractivity contribution in [3.05, 3.63) is 0 Å². The molecule has 0 fully saturated rings. The van der Waals surface area contributed by atoms with Gasteiger partial charge in [-0.25, -0.2) is 17.6 Å². The zero-order valence-electron chi connectivity index (χ0n) is 10.6. The van der Waals surface area contributed by atoms with E-state index in [4.69, 9.17) is 0 Å². The van der Waals surface area contributed by atoms with Crippen molar-refractivity contribution in [1.29, 1.82) is 0 Å². The smallest absolute Gasteiger partial charge is 0.321 e. The summed E-state index contributed by atoms with van der Waals surface area (Å²) in [5, 5.41) is 0. The summed E-state index contributed by atoms with van der Waals surface area (Å²) >= 11 is 0. The van der Waals surface area contributed by atoms with Crippen molar-refractivity contribution in [2.45, 2.75) is 44.8 Å². The van der Waals surface area contributed by atoms with Gasteiger partial charge in [0, 0.05) is 13.2 Å². The summed E-state index contributed by atoms with van der Waals surface area (Å²) < 4.78 is 111. The predicted octanol–water partition coefficient (Wildman–Crippen LogP) is 3.80. The van der Waals surface area contributed by atoms with Gasteiger partial charge in [-0.05, 0) is 13.8 Å². The Morgan fingerprint density at radius 1 is 0.750 bits per heavy atom. The van der Waals surface area contributed by atoms with Crippen LogP contribution in [0.2, 0.25) is 0 Å². The SMILES string of the molecule is CCOC(OCC)C(C(F)(F)C(F)F)C(F)(F)C(F)F. The molecule has 0 aromatic rings. The molecule has 2 nitrogen and oxygen atoms in total. The molecular formula is C10H14F8O2. The highest BCUT2D eigenvalue weighted by Gasteiger charge is 2.67. The van der Waals surface area contributed by atoms with E-state index in [1.54, 1.807) is 0 Å². The lowest BCUT2D eigenvalue weighted by Gasteiger charge is -2.36. The molecule has 0 radical (unpaired) electrons. The van der Waals surface area contributed by atoms with E-state index in [-0.39, 0.29) is 0 Å². The highest BCUT2D eigenvalue weighted by atomic mass is 19.3. The van der Waals surface area contributed by atoms with E-state index in [2.05, 4.69) is 9.47 Å². The molecule has 0 spiro atoms. The van der Waals surface area contributed by atoms with Crippen LogP contribution >= 0.6 is 0 Å². The Morgan fingerprint density at radius 2 is 1.05 bits per heavy atom. The summed E-state index contributed by atoms with van der Waals surface area (Å²) in [6.07, 6.45) is -11.7. The molecule has 0 aliphatic heterocycles. The molecule has 0 aliphatic rings. The molecule has 0 N–H and O–H groups in total. The molecule has 10 heteroatoms. The Hall–Kier alpha value is -0.640. The van der Waals surface area contributed by atoms with Crippen LogP contribution in [0.15, 0.2) is 0 Å². The number of ether oxygens (including phenoxy) is 2. The summed E-state index contributed by atoms with van der Waals surface area (Å²) in [5.74, 6) is -14.6. The van der Waals surface area contributed by atoms with E-state index in [9.17, 15) is 35.1 Å². The third-order valence-corrected chi connectivity index (χ3v) is 2.35. The lowest BCUT2D eigenvalue weighted by atomic mass is 9.93. The summed E-state index contributed by atoms with van der Waals surface area (Å²) in [4.78, 5) is 0. The second kappa shape index (κ2) is 7.39. The van der Waals surface area contributed by atoms with Crippen LogP contribution in [0.4, 0.5) is 35.1 Å². The molecule has 0 heterocycles. The summed E-state index contributed by atoms with van der Waals surface area (Å²) in [6, 6.07) is 0. The Bertz CT molecular complexity index is 258. The number of halogens is 8.